The molecule has 1 amide bonds. The third-order valence-corrected chi connectivity index (χ3v) is 4.15. The zero-order valence-electron chi connectivity index (χ0n) is 9.19. The summed E-state index contributed by atoms with van der Waals surface area (Å²) in [5, 5.41) is 0. The van der Waals surface area contributed by atoms with E-state index in [2.05, 4.69) is 15.9 Å². The molecule has 0 radical (unpaired) electrons. The van der Waals surface area contributed by atoms with Crippen LogP contribution in [-0.2, 0) is 4.74 Å². The third-order valence-electron chi connectivity index (χ3n) is 3.30. The van der Waals surface area contributed by atoms with E-state index < -0.39 is 16.8 Å². The summed E-state index contributed by atoms with van der Waals surface area (Å²) in [4.78, 5) is 13.7. The number of halogens is 2. The molecule has 0 N–H and O–H groups in total. The Hall–Kier alpha value is -0.940. The van der Waals surface area contributed by atoms with E-state index in [0.29, 0.717) is 12.0 Å². The number of alkyl halides is 2. The standard InChI is InChI=1S/C12H11BrFNO2/c1-17-11-8-5-3-2-4-7(8)10(16)15(11)9-6-12(9,13)14/h2-5,9,11H,6H2,1H3. The molecule has 17 heavy (non-hydrogen) atoms. The van der Waals surface area contributed by atoms with Gasteiger partial charge in [-0.15, -0.1) is 0 Å². The maximum Gasteiger partial charge on any atom is 0.257 e. The molecule has 0 aromatic heterocycles. The van der Waals surface area contributed by atoms with Crippen molar-refractivity contribution in [2.24, 2.45) is 0 Å². The lowest BCUT2D eigenvalue weighted by Gasteiger charge is -2.24. The molecule has 3 atom stereocenters. The van der Waals surface area contributed by atoms with Crippen molar-refractivity contribution in [1.82, 2.24) is 4.90 Å². The Bertz CT molecular complexity index is 491. The molecule has 90 valence electrons. The average molecular weight is 300 g/mol. The highest BCUT2D eigenvalue weighted by atomic mass is 79.9. The van der Waals surface area contributed by atoms with Gasteiger partial charge in [0.1, 0.15) is 0 Å². The molecule has 0 spiro atoms. The summed E-state index contributed by atoms with van der Waals surface area (Å²) < 4.78 is 17.6. The predicted octanol–water partition coefficient (Wildman–Crippen LogP) is 2.62. The van der Waals surface area contributed by atoms with Crippen molar-refractivity contribution in [2.75, 3.05) is 7.11 Å². The van der Waals surface area contributed by atoms with Gasteiger partial charge in [0.2, 0.25) is 0 Å². The Morgan fingerprint density at radius 2 is 2.18 bits per heavy atom. The first-order chi connectivity index (χ1) is 8.06. The Morgan fingerprint density at radius 1 is 1.53 bits per heavy atom. The lowest BCUT2D eigenvalue weighted by molar-refractivity contribution is -0.0200. The van der Waals surface area contributed by atoms with E-state index in [0.717, 1.165) is 5.56 Å². The molecule has 1 heterocycles. The lowest BCUT2D eigenvalue weighted by Crippen LogP contribution is -2.33. The first-order valence-electron chi connectivity index (χ1n) is 5.38. The fraction of sp³-hybridized carbons (Fsp3) is 0.417. The Balaban J connectivity index is 2.01. The molecule has 0 bridgehead atoms. The van der Waals surface area contributed by atoms with Crippen LogP contribution in [0.2, 0.25) is 0 Å². The molecule has 2 aliphatic rings. The molecule has 1 aliphatic carbocycles. The lowest BCUT2D eigenvalue weighted by atomic mass is 10.1. The van der Waals surface area contributed by atoms with Gasteiger partial charge < -0.3 is 9.64 Å². The van der Waals surface area contributed by atoms with Gasteiger partial charge in [-0.05, 0) is 22.0 Å². The summed E-state index contributed by atoms with van der Waals surface area (Å²) >= 11 is 2.98. The van der Waals surface area contributed by atoms with Gasteiger partial charge in [0.15, 0.2) is 10.8 Å². The number of hydrogen-bond acceptors (Lipinski definition) is 2. The van der Waals surface area contributed by atoms with Crippen LogP contribution in [0.15, 0.2) is 24.3 Å². The predicted molar refractivity (Wildman–Crippen MR) is 63.5 cm³/mol. The van der Waals surface area contributed by atoms with E-state index in [1.165, 1.54) is 12.0 Å². The summed E-state index contributed by atoms with van der Waals surface area (Å²) in [6.45, 7) is 0. The largest absolute Gasteiger partial charge is 0.357 e. The monoisotopic (exact) mass is 299 g/mol. The highest BCUT2D eigenvalue weighted by Gasteiger charge is 2.61. The van der Waals surface area contributed by atoms with Crippen LogP contribution in [0.1, 0.15) is 28.6 Å². The second-order valence-corrected chi connectivity index (χ2v) is 5.69. The number of amides is 1. The summed E-state index contributed by atoms with van der Waals surface area (Å²) in [6, 6.07) is 6.81. The topological polar surface area (TPSA) is 29.5 Å². The zero-order valence-corrected chi connectivity index (χ0v) is 10.8. The van der Waals surface area contributed by atoms with Crippen molar-refractivity contribution < 1.29 is 13.9 Å². The molecule has 0 saturated heterocycles. The second-order valence-electron chi connectivity index (χ2n) is 4.37. The molecule has 1 saturated carbocycles. The zero-order chi connectivity index (χ0) is 12.2. The van der Waals surface area contributed by atoms with E-state index >= 15 is 0 Å². The maximum atomic E-state index is 13.7. The van der Waals surface area contributed by atoms with Crippen LogP contribution in [0.3, 0.4) is 0 Å². The van der Waals surface area contributed by atoms with Crippen molar-refractivity contribution in [2.45, 2.75) is 23.3 Å². The average Bonchev–Trinajstić information content (AvgIpc) is 2.82. The van der Waals surface area contributed by atoms with E-state index in [-0.39, 0.29) is 5.91 Å². The number of hydrogen-bond donors (Lipinski definition) is 0. The van der Waals surface area contributed by atoms with Crippen LogP contribution >= 0.6 is 15.9 Å². The van der Waals surface area contributed by atoms with E-state index in [9.17, 15) is 9.18 Å². The number of carbonyl (C=O) groups excluding carboxylic acids is 1. The Labute approximate surface area is 107 Å². The molecule has 1 aromatic carbocycles. The minimum atomic E-state index is -1.46. The fourth-order valence-corrected chi connectivity index (χ4v) is 2.88. The summed E-state index contributed by atoms with van der Waals surface area (Å²) in [7, 11) is 1.53. The van der Waals surface area contributed by atoms with Gasteiger partial charge >= 0.3 is 0 Å². The van der Waals surface area contributed by atoms with Crippen LogP contribution < -0.4 is 0 Å². The number of ether oxygens (including phenoxy) is 1. The third kappa shape index (κ3) is 1.52. The van der Waals surface area contributed by atoms with Crippen molar-refractivity contribution in [3.05, 3.63) is 35.4 Å². The molecule has 1 aromatic rings. The normalized spacial score (nSPS) is 35.0. The summed E-state index contributed by atoms with van der Waals surface area (Å²) in [5.41, 5.74) is 1.42. The van der Waals surface area contributed by atoms with Crippen LogP contribution in [0.25, 0.3) is 0 Å². The van der Waals surface area contributed by atoms with Crippen molar-refractivity contribution >= 4 is 21.8 Å². The van der Waals surface area contributed by atoms with Crippen molar-refractivity contribution in [3.63, 3.8) is 0 Å². The van der Waals surface area contributed by atoms with Gasteiger partial charge in [-0.2, -0.15) is 0 Å². The van der Waals surface area contributed by atoms with Gasteiger partial charge in [-0.1, -0.05) is 18.2 Å². The first-order valence-corrected chi connectivity index (χ1v) is 6.18. The summed E-state index contributed by atoms with van der Waals surface area (Å²) in [5.74, 6) is -0.156. The Kier molecular flexibility index (Phi) is 2.32. The number of benzene rings is 1. The van der Waals surface area contributed by atoms with E-state index in [1.807, 2.05) is 12.1 Å². The van der Waals surface area contributed by atoms with Crippen LogP contribution in [0.5, 0.6) is 0 Å². The molecule has 1 fully saturated rings. The molecule has 1 aliphatic heterocycles. The molecular weight excluding hydrogens is 289 g/mol. The number of methoxy groups -OCH3 is 1. The van der Waals surface area contributed by atoms with E-state index in [4.69, 9.17) is 4.74 Å². The number of rotatable bonds is 2. The summed E-state index contributed by atoms with van der Waals surface area (Å²) in [6.07, 6.45) is -0.161. The first kappa shape index (κ1) is 11.2. The molecule has 5 heteroatoms. The van der Waals surface area contributed by atoms with Gasteiger partial charge in [0.05, 0.1) is 6.04 Å². The van der Waals surface area contributed by atoms with Gasteiger partial charge in [0, 0.05) is 24.7 Å². The van der Waals surface area contributed by atoms with Crippen LogP contribution in [-0.4, -0.2) is 28.5 Å². The van der Waals surface area contributed by atoms with E-state index in [1.54, 1.807) is 12.1 Å². The molecule has 3 nitrogen and oxygen atoms in total. The van der Waals surface area contributed by atoms with Crippen molar-refractivity contribution in [1.29, 1.82) is 0 Å². The number of carbonyl (C=O) groups is 1. The second kappa shape index (κ2) is 3.53. The number of fused-ring (bicyclic) bond motifs is 1. The highest BCUT2D eigenvalue weighted by Crippen LogP contribution is 2.54. The fourth-order valence-electron chi connectivity index (χ4n) is 2.35. The SMILES string of the molecule is COC1c2ccccc2C(=O)N1C1CC1(F)Br. The minimum absolute atomic E-state index is 0.156. The molecule has 3 unspecified atom stereocenters. The number of nitrogens with zero attached hydrogens (tertiary/aromatic N) is 1. The Morgan fingerprint density at radius 3 is 2.76 bits per heavy atom. The highest BCUT2D eigenvalue weighted by molar-refractivity contribution is 9.10. The van der Waals surface area contributed by atoms with Gasteiger partial charge in [-0.3, -0.25) is 4.79 Å². The van der Waals surface area contributed by atoms with Gasteiger partial charge in [-0.25, -0.2) is 4.39 Å². The molecule has 3 rings (SSSR count). The van der Waals surface area contributed by atoms with Gasteiger partial charge in [0.25, 0.3) is 5.91 Å². The smallest absolute Gasteiger partial charge is 0.257 e. The minimum Gasteiger partial charge on any atom is -0.357 e. The maximum absolute atomic E-state index is 13.7. The van der Waals surface area contributed by atoms with Crippen LogP contribution in [0, 0.1) is 0 Å². The quantitative estimate of drug-likeness (QED) is 0.786. The molecular formula is C12H11BrFNO2. The van der Waals surface area contributed by atoms with Crippen molar-refractivity contribution in [3.8, 4) is 0 Å². The van der Waals surface area contributed by atoms with Crippen LogP contribution in [0.4, 0.5) is 4.39 Å².